The molecule has 1 saturated heterocycles. The maximum absolute atomic E-state index is 12.1. The molecule has 0 saturated carbocycles. The van der Waals surface area contributed by atoms with Gasteiger partial charge >= 0.3 is 12.0 Å². The standard InChI is InChI=1S/C12H22N2O4/c1-8-5-6-14(7-10(8)18-4)12(17)13(3)9(2)11(15)16/h8-10H,5-7H2,1-4H3,(H,15,16). The number of carboxylic acids is 1. The van der Waals surface area contributed by atoms with Crippen LogP contribution in [0, 0.1) is 5.92 Å². The van der Waals surface area contributed by atoms with Crippen molar-refractivity contribution in [2.75, 3.05) is 27.2 Å². The monoisotopic (exact) mass is 258 g/mol. The maximum Gasteiger partial charge on any atom is 0.326 e. The first kappa shape index (κ1) is 14.8. The second-order valence-electron chi connectivity index (χ2n) is 4.89. The number of carbonyl (C=O) groups is 2. The van der Waals surface area contributed by atoms with E-state index in [1.807, 2.05) is 0 Å². The lowest BCUT2D eigenvalue weighted by Gasteiger charge is -2.38. The fourth-order valence-electron chi connectivity index (χ4n) is 2.07. The fraction of sp³-hybridized carbons (Fsp3) is 0.833. The number of piperidine rings is 1. The van der Waals surface area contributed by atoms with Gasteiger partial charge in [0.2, 0.25) is 0 Å². The van der Waals surface area contributed by atoms with Gasteiger partial charge in [-0.1, -0.05) is 6.92 Å². The van der Waals surface area contributed by atoms with Crippen molar-refractivity contribution in [1.29, 1.82) is 0 Å². The normalized spacial score (nSPS) is 25.7. The number of carboxylic acid groups (broad SMARTS) is 1. The number of likely N-dealkylation sites (tertiary alicyclic amines) is 1. The zero-order chi connectivity index (χ0) is 13.9. The van der Waals surface area contributed by atoms with Crippen LogP contribution in [-0.4, -0.2) is 66.3 Å². The summed E-state index contributed by atoms with van der Waals surface area (Å²) in [5.41, 5.74) is 0. The molecule has 0 bridgehead atoms. The van der Waals surface area contributed by atoms with Gasteiger partial charge in [0, 0.05) is 27.2 Å². The number of urea groups is 1. The van der Waals surface area contributed by atoms with E-state index in [1.165, 1.54) is 18.9 Å². The number of aliphatic carboxylic acids is 1. The number of likely N-dealkylation sites (N-methyl/N-ethyl adjacent to an activating group) is 1. The lowest BCUT2D eigenvalue weighted by atomic mass is 9.96. The zero-order valence-corrected chi connectivity index (χ0v) is 11.4. The van der Waals surface area contributed by atoms with E-state index in [2.05, 4.69) is 6.92 Å². The maximum atomic E-state index is 12.1. The highest BCUT2D eigenvalue weighted by Crippen LogP contribution is 2.20. The summed E-state index contributed by atoms with van der Waals surface area (Å²) in [5, 5.41) is 8.90. The second kappa shape index (κ2) is 6.04. The summed E-state index contributed by atoms with van der Waals surface area (Å²) < 4.78 is 5.34. The summed E-state index contributed by atoms with van der Waals surface area (Å²) in [7, 11) is 3.15. The smallest absolute Gasteiger partial charge is 0.326 e. The van der Waals surface area contributed by atoms with E-state index < -0.39 is 12.0 Å². The molecule has 0 aliphatic carbocycles. The van der Waals surface area contributed by atoms with E-state index in [0.717, 1.165) is 6.42 Å². The molecule has 0 radical (unpaired) electrons. The number of rotatable bonds is 3. The minimum absolute atomic E-state index is 0.0243. The van der Waals surface area contributed by atoms with E-state index in [1.54, 1.807) is 12.0 Å². The first-order chi connectivity index (χ1) is 8.38. The van der Waals surface area contributed by atoms with Gasteiger partial charge in [-0.05, 0) is 19.3 Å². The molecule has 0 aromatic heterocycles. The fourth-order valence-corrected chi connectivity index (χ4v) is 2.07. The van der Waals surface area contributed by atoms with E-state index in [0.29, 0.717) is 19.0 Å². The molecule has 1 rings (SSSR count). The summed E-state index contributed by atoms with van der Waals surface area (Å²) in [5.74, 6) is -0.583. The van der Waals surface area contributed by atoms with Crippen LogP contribution in [0.3, 0.4) is 0 Å². The van der Waals surface area contributed by atoms with Crippen LogP contribution in [0.25, 0.3) is 0 Å². The van der Waals surface area contributed by atoms with Gasteiger partial charge in [-0.2, -0.15) is 0 Å². The third kappa shape index (κ3) is 3.13. The van der Waals surface area contributed by atoms with Gasteiger partial charge in [-0.25, -0.2) is 9.59 Å². The number of nitrogens with zero attached hydrogens (tertiary/aromatic N) is 2. The molecule has 1 fully saturated rings. The van der Waals surface area contributed by atoms with Crippen molar-refractivity contribution < 1.29 is 19.4 Å². The molecule has 18 heavy (non-hydrogen) atoms. The largest absolute Gasteiger partial charge is 0.480 e. The summed E-state index contributed by atoms with van der Waals surface area (Å²) in [6.45, 7) is 4.77. The predicted octanol–water partition coefficient (Wildman–Crippen LogP) is 0.868. The Labute approximate surface area is 107 Å². The van der Waals surface area contributed by atoms with Crippen molar-refractivity contribution in [3.63, 3.8) is 0 Å². The van der Waals surface area contributed by atoms with Crippen LogP contribution < -0.4 is 0 Å². The molecule has 3 unspecified atom stereocenters. The molecule has 3 atom stereocenters. The highest BCUT2D eigenvalue weighted by molar-refractivity contribution is 5.82. The highest BCUT2D eigenvalue weighted by atomic mass is 16.5. The van der Waals surface area contributed by atoms with E-state index >= 15 is 0 Å². The lowest BCUT2D eigenvalue weighted by Crippen LogP contribution is -2.53. The topological polar surface area (TPSA) is 70.1 Å². The van der Waals surface area contributed by atoms with Crippen molar-refractivity contribution in [2.24, 2.45) is 5.92 Å². The Morgan fingerprint density at radius 1 is 1.50 bits per heavy atom. The average Bonchev–Trinajstić information content (AvgIpc) is 2.36. The SMILES string of the molecule is COC1CN(C(=O)N(C)C(C)C(=O)O)CCC1C. The quantitative estimate of drug-likeness (QED) is 0.815. The van der Waals surface area contributed by atoms with E-state index in [-0.39, 0.29) is 12.1 Å². The minimum Gasteiger partial charge on any atom is -0.480 e. The summed E-state index contributed by atoms with van der Waals surface area (Å²) >= 11 is 0. The van der Waals surface area contributed by atoms with Crippen molar-refractivity contribution >= 4 is 12.0 Å². The van der Waals surface area contributed by atoms with Gasteiger partial charge < -0.3 is 19.6 Å². The molecule has 6 nitrogen and oxygen atoms in total. The molecule has 104 valence electrons. The van der Waals surface area contributed by atoms with Crippen molar-refractivity contribution in [3.05, 3.63) is 0 Å². The molecular formula is C12H22N2O4. The molecule has 1 N–H and O–H groups in total. The van der Waals surface area contributed by atoms with Crippen LogP contribution in [0.15, 0.2) is 0 Å². The van der Waals surface area contributed by atoms with Gasteiger partial charge in [0.15, 0.2) is 0 Å². The predicted molar refractivity (Wildman–Crippen MR) is 66.4 cm³/mol. The first-order valence-corrected chi connectivity index (χ1v) is 6.15. The van der Waals surface area contributed by atoms with Crippen molar-refractivity contribution in [2.45, 2.75) is 32.4 Å². The van der Waals surface area contributed by atoms with Gasteiger partial charge in [0.25, 0.3) is 0 Å². The molecule has 1 aliphatic heterocycles. The summed E-state index contributed by atoms with van der Waals surface area (Å²) in [6, 6.07) is -1.07. The van der Waals surface area contributed by atoms with Crippen LogP contribution >= 0.6 is 0 Å². The molecule has 1 aliphatic rings. The Morgan fingerprint density at radius 3 is 2.61 bits per heavy atom. The van der Waals surface area contributed by atoms with Crippen molar-refractivity contribution in [3.8, 4) is 0 Å². The third-order valence-electron chi connectivity index (χ3n) is 3.70. The summed E-state index contributed by atoms with van der Waals surface area (Å²) in [6.07, 6.45) is 0.899. The molecule has 0 spiro atoms. The number of ether oxygens (including phenoxy) is 1. The number of hydrogen-bond acceptors (Lipinski definition) is 3. The first-order valence-electron chi connectivity index (χ1n) is 6.15. The van der Waals surface area contributed by atoms with Crippen molar-refractivity contribution in [1.82, 2.24) is 9.80 Å². The average molecular weight is 258 g/mol. The summed E-state index contributed by atoms with van der Waals surface area (Å²) in [4.78, 5) is 25.9. The van der Waals surface area contributed by atoms with Crippen LogP contribution in [-0.2, 0) is 9.53 Å². The Balaban J connectivity index is 2.64. The number of carbonyl (C=O) groups excluding carboxylic acids is 1. The van der Waals surface area contributed by atoms with Crippen LogP contribution in [0.2, 0.25) is 0 Å². The Bertz CT molecular complexity index is 321. The van der Waals surface area contributed by atoms with E-state index in [9.17, 15) is 9.59 Å². The van der Waals surface area contributed by atoms with Gasteiger partial charge in [0.1, 0.15) is 6.04 Å². The molecule has 0 aromatic carbocycles. The number of methoxy groups -OCH3 is 1. The van der Waals surface area contributed by atoms with Gasteiger partial charge in [-0.3, -0.25) is 0 Å². The molecular weight excluding hydrogens is 236 g/mol. The van der Waals surface area contributed by atoms with Gasteiger partial charge in [-0.15, -0.1) is 0 Å². The van der Waals surface area contributed by atoms with Crippen LogP contribution in [0.5, 0.6) is 0 Å². The Kier molecular flexibility index (Phi) is 4.95. The van der Waals surface area contributed by atoms with Crippen LogP contribution in [0.1, 0.15) is 20.3 Å². The van der Waals surface area contributed by atoms with Crippen LogP contribution in [0.4, 0.5) is 4.79 Å². The molecule has 2 amide bonds. The minimum atomic E-state index is -1.00. The van der Waals surface area contributed by atoms with E-state index in [4.69, 9.17) is 9.84 Å². The third-order valence-corrected chi connectivity index (χ3v) is 3.70. The zero-order valence-electron chi connectivity index (χ0n) is 11.4. The Morgan fingerprint density at radius 2 is 2.11 bits per heavy atom. The highest BCUT2D eigenvalue weighted by Gasteiger charge is 2.32. The number of hydrogen-bond donors (Lipinski definition) is 1. The molecule has 1 heterocycles. The van der Waals surface area contributed by atoms with Gasteiger partial charge in [0.05, 0.1) is 6.10 Å². The lowest BCUT2D eigenvalue weighted by molar-refractivity contribution is -0.141. The second-order valence-corrected chi connectivity index (χ2v) is 4.89. The molecule has 6 heteroatoms. The molecule has 0 aromatic rings. The number of amides is 2. The Hall–Kier alpha value is -1.30.